The molecule has 0 saturated heterocycles. The molecule has 0 aliphatic rings. The van der Waals surface area contributed by atoms with Crippen LogP contribution in [0.1, 0.15) is 19.5 Å². The summed E-state index contributed by atoms with van der Waals surface area (Å²) in [4.78, 5) is 2.21. The summed E-state index contributed by atoms with van der Waals surface area (Å²) in [6.07, 6.45) is 1.60. The van der Waals surface area contributed by atoms with E-state index < -0.39 is 0 Å². The number of nitrogens with zero attached hydrogens (tertiary/aromatic N) is 2. The van der Waals surface area contributed by atoms with E-state index in [1.165, 1.54) is 0 Å². The minimum atomic E-state index is 0.548. The molecule has 0 saturated carbocycles. The molecule has 0 fully saturated rings. The summed E-state index contributed by atoms with van der Waals surface area (Å²) in [7, 11) is 2.07. The van der Waals surface area contributed by atoms with Crippen molar-refractivity contribution in [1.29, 1.82) is 0 Å². The highest BCUT2D eigenvalue weighted by Crippen LogP contribution is 2.02. The Morgan fingerprint density at radius 3 is 2.82 bits per heavy atom. The van der Waals surface area contributed by atoms with Gasteiger partial charge in [0.1, 0.15) is 6.26 Å². The van der Waals surface area contributed by atoms with Crippen molar-refractivity contribution >= 4 is 0 Å². The van der Waals surface area contributed by atoms with Gasteiger partial charge in [-0.2, -0.15) is 0 Å². The second kappa shape index (κ2) is 3.53. The second-order valence-corrected chi connectivity index (χ2v) is 3.00. The van der Waals surface area contributed by atoms with Gasteiger partial charge in [-0.3, -0.25) is 4.90 Å². The fraction of sp³-hybridized carbons (Fsp3) is 0.625. The Morgan fingerprint density at radius 2 is 2.36 bits per heavy atom. The van der Waals surface area contributed by atoms with Gasteiger partial charge in [0, 0.05) is 18.7 Å². The van der Waals surface area contributed by atoms with Gasteiger partial charge in [-0.25, -0.2) is 0 Å². The first-order valence-electron chi connectivity index (χ1n) is 3.79. The van der Waals surface area contributed by atoms with E-state index in [2.05, 4.69) is 31.0 Å². The molecular weight excluding hydrogens is 140 g/mol. The molecule has 0 N–H and O–H groups in total. The Kier molecular flexibility index (Phi) is 2.65. The molecule has 3 nitrogen and oxygen atoms in total. The molecule has 11 heavy (non-hydrogen) atoms. The van der Waals surface area contributed by atoms with Crippen LogP contribution in [0.4, 0.5) is 0 Å². The molecule has 1 aromatic heterocycles. The normalized spacial score (nSPS) is 11.4. The first kappa shape index (κ1) is 8.27. The van der Waals surface area contributed by atoms with Crippen molar-refractivity contribution in [2.45, 2.75) is 26.4 Å². The molecular formula is C8H14N2O. The van der Waals surface area contributed by atoms with Gasteiger partial charge < -0.3 is 4.52 Å². The third kappa shape index (κ3) is 2.35. The van der Waals surface area contributed by atoms with Gasteiger partial charge in [-0.1, -0.05) is 5.16 Å². The largest absolute Gasteiger partial charge is 0.364 e. The van der Waals surface area contributed by atoms with Gasteiger partial charge in [-0.15, -0.1) is 0 Å². The third-order valence-electron chi connectivity index (χ3n) is 1.78. The predicted octanol–water partition coefficient (Wildman–Crippen LogP) is 1.51. The minimum absolute atomic E-state index is 0.548. The first-order valence-corrected chi connectivity index (χ1v) is 3.79. The van der Waals surface area contributed by atoms with Crippen molar-refractivity contribution in [3.8, 4) is 0 Å². The van der Waals surface area contributed by atoms with Crippen LogP contribution in [0.5, 0.6) is 0 Å². The van der Waals surface area contributed by atoms with Crippen molar-refractivity contribution in [2.24, 2.45) is 0 Å². The maximum Gasteiger partial charge on any atom is 0.124 e. The topological polar surface area (TPSA) is 29.3 Å². The minimum Gasteiger partial charge on any atom is -0.364 e. The average molecular weight is 154 g/mol. The van der Waals surface area contributed by atoms with Gasteiger partial charge in [0.25, 0.3) is 0 Å². The summed E-state index contributed by atoms with van der Waals surface area (Å²) < 4.78 is 4.72. The molecule has 1 heterocycles. The summed E-state index contributed by atoms with van der Waals surface area (Å²) in [6, 6.07) is 2.44. The second-order valence-electron chi connectivity index (χ2n) is 3.00. The summed E-state index contributed by atoms with van der Waals surface area (Å²) in [5.41, 5.74) is 0.987. The van der Waals surface area contributed by atoms with E-state index in [1.807, 2.05) is 6.07 Å². The van der Waals surface area contributed by atoms with Crippen LogP contribution in [-0.2, 0) is 6.54 Å². The number of rotatable bonds is 3. The van der Waals surface area contributed by atoms with E-state index in [0.717, 1.165) is 12.2 Å². The lowest BCUT2D eigenvalue weighted by Gasteiger charge is -2.18. The molecule has 1 rings (SSSR count). The van der Waals surface area contributed by atoms with Gasteiger partial charge in [0.15, 0.2) is 0 Å². The van der Waals surface area contributed by atoms with Crippen molar-refractivity contribution < 1.29 is 4.52 Å². The fourth-order valence-corrected chi connectivity index (χ4v) is 0.757. The van der Waals surface area contributed by atoms with E-state index >= 15 is 0 Å². The van der Waals surface area contributed by atoms with Crippen LogP contribution in [-0.4, -0.2) is 23.1 Å². The Hall–Kier alpha value is -0.830. The first-order chi connectivity index (χ1) is 5.20. The molecule has 0 atom stereocenters. The molecule has 62 valence electrons. The third-order valence-corrected chi connectivity index (χ3v) is 1.78. The Morgan fingerprint density at radius 1 is 1.64 bits per heavy atom. The van der Waals surface area contributed by atoms with Crippen molar-refractivity contribution in [3.05, 3.63) is 18.0 Å². The van der Waals surface area contributed by atoms with Crippen molar-refractivity contribution in [3.63, 3.8) is 0 Å². The van der Waals surface area contributed by atoms with E-state index in [-0.39, 0.29) is 0 Å². The molecule has 0 spiro atoms. The summed E-state index contributed by atoms with van der Waals surface area (Å²) >= 11 is 0. The van der Waals surface area contributed by atoms with Crippen LogP contribution in [0.25, 0.3) is 0 Å². The smallest absolute Gasteiger partial charge is 0.124 e. The molecule has 0 aliphatic heterocycles. The summed E-state index contributed by atoms with van der Waals surface area (Å²) in [6.45, 7) is 5.16. The standard InChI is InChI=1S/C8H14N2O/c1-7(2)10(3)6-8-4-5-11-9-8/h4-5,7H,6H2,1-3H3. The Balaban J connectivity index is 2.43. The van der Waals surface area contributed by atoms with E-state index in [1.54, 1.807) is 6.26 Å². The lowest BCUT2D eigenvalue weighted by molar-refractivity contribution is 0.256. The monoisotopic (exact) mass is 154 g/mol. The highest BCUT2D eigenvalue weighted by Gasteiger charge is 2.05. The van der Waals surface area contributed by atoms with Crippen LogP contribution in [0, 0.1) is 0 Å². The Labute approximate surface area is 67.0 Å². The number of hydrogen-bond acceptors (Lipinski definition) is 3. The van der Waals surface area contributed by atoms with Crippen molar-refractivity contribution in [2.75, 3.05) is 7.05 Å². The predicted molar refractivity (Wildman–Crippen MR) is 43.1 cm³/mol. The molecule has 0 aromatic carbocycles. The Bertz CT molecular complexity index is 194. The van der Waals surface area contributed by atoms with E-state index in [0.29, 0.717) is 6.04 Å². The fourth-order valence-electron chi connectivity index (χ4n) is 0.757. The van der Waals surface area contributed by atoms with Crippen LogP contribution in [0.15, 0.2) is 16.9 Å². The zero-order chi connectivity index (χ0) is 8.27. The van der Waals surface area contributed by atoms with Gasteiger partial charge in [-0.05, 0) is 20.9 Å². The van der Waals surface area contributed by atoms with Crippen LogP contribution < -0.4 is 0 Å². The van der Waals surface area contributed by atoms with Gasteiger partial charge >= 0.3 is 0 Å². The van der Waals surface area contributed by atoms with Crippen LogP contribution in [0.2, 0.25) is 0 Å². The van der Waals surface area contributed by atoms with E-state index in [4.69, 9.17) is 4.52 Å². The zero-order valence-electron chi connectivity index (χ0n) is 7.24. The zero-order valence-corrected chi connectivity index (χ0v) is 7.24. The van der Waals surface area contributed by atoms with Crippen molar-refractivity contribution in [1.82, 2.24) is 10.1 Å². The van der Waals surface area contributed by atoms with Crippen LogP contribution >= 0.6 is 0 Å². The molecule has 0 amide bonds. The quantitative estimate of drug-likeness (QED) is 0.661. The lowest BCUT2D eigenvalue weighted by atomic mass is 10.3. The SMILES string of the molecule is CC(C)N(C)Cc1ccon1. The molecule has 0 unspecified atom stereocenters. The van der Waals surface area contributed by atoms with Gasteiger partial charge in [0.2, 0.25) is 0 Å². The number of hydrogen-bond donors (Lipinski definition) is 0. The number of aromatic nitrogens is 1. The molecule has 3 heteroatoms. The maximum absolute atomic E-state index is 4.72. The maximum atomic E-state index is 4.72. The molecule has 0 radical (unpaired) electrons. The highest BCUT2D eigenvalue weighted by molar-refractivity contribution is 4.94. The molecule has 0 bridgehead atoms. The molecule has 1 aromatic rings. The van der Waals surface area contributed by atoms with Gasteiger partial charge in [0.05, 0.1) is 5.69 Å². The summed E-state index contributed by atoms with van der Waals surface area (Å²) in [5, 5.41) is 3.82. The van der Waals surface area contributed by atoms with E-state index in [9.17, 15) is 0 Å². The lowest BCUT2D eigenvalue weighted by Crippen LogP contribution is -2.25. The highest BCUT2D eigenvalue weighted by atomic mass is 16.5. The summed E-state index contributed by atoms with van der Waals surface area (Å²) in [5.74, 6) is 0. The van der Waals surface area contributed by atoms with Crippen LogP contribution in [0.3, 0.4) is 0 Å². The molecule has 0 aliphatic carbocycles. The average Bonchev–Trinajstić information content (AvgIpc) is 2.39.